The molecular weight excluding hydrogens is 673 g/mol. The van der Waals surface area contributed by atoms with Crippen molar-refractivity contribution in [1.82, 2.24) is 0 Å². The van der Waals surface area contributed by atoms with Crippen LogP contribution in [-0.4, -0.2) is 28.3 Å². The van der Waals surface area contributed by atoms with E-state index < -0.39 is 19.7 Å². The first-order chi connectivity index (χ1) is 20.7. The molecule has 230 valence electrons. The number of hydrogen-bond donors (Lipinski definition) is 0. The van der Waals surface area contributed by atoms with Gasteiger partial charge in [0.25, 0.3) is 0 Å². The maximum Gasteiger partial charge on any atom is 0.181 e. The van der Waals surface area contributed by atoms with E-state index in [-0.39, 0.29) is 21.3 Å². The van der Waals surface area contributed by atoms with Crippen molar-refractivity contribution in [2.24, 2.45) is 0 Å². The summed E-state index contributed by atoms with van der Waals surface area (Å²) in [6.07, 6.45) is 6.54. The van der Waals surface area contributed by atoms with Gasteiger partial charge in [0, 0.05) is 29.3 Å². The number of thiophene rings is 5. The van der Waals surface area contributed by atoms with Gasteiger partial charge in [-0.1, -0.05) is 64.5 Å². The topological polar surface area (TPSA) is 68.3 Å². The predicted molar refractivity (Wildman–Crippen MR) is 190 cm³/mol. The van der Waals surface area contributed by atoms with Crippen molar-refractivity contribution >= 4 is 76.4 Å². The fourth-order valence-electron chi connectivity index (χ4n) is 4.95. The average molecular weight is 709 g/mol. The third kappa shape index (κ3) is 7.62. The highest BCUT2D eigenvalue weighted by Gasteiger charge is 2.37. The molecule has 0 aliphatic heterocycles. The molecule has 0 fully saturated rings. The molecule has 5 aromatic heterocycles. The lowest BCUT2D eigenvalue weighted by molar-refractivity contribution is 0.577. The zero-order valence-electron chi connectivity index (χ0n) is 24.3. The molecule has 0 saturated carbocycles. The van der Waals surface area contributed by atoms with E-state index in [0.29, 0.717) is 22.6 Å². The van der Waals surface area contributed by atoms with Gasteiger partial charge in [-0.05, 0) is 60.0 Å². The van der Waals surface area contributed by atoms with Crippen LogP contribution < -0.4 is 0 Å². The van der Waals surface area contributed by atoms with E-state index in [1.807, 2.05) is 47.2 Å². The van der Waals surface area contributed by atoms with Crippen molar-refractivity contribution in [3.8, 4) is 39.0 Å². The van der Waals surface area contributed by atoms with Gasteiger partial charge < -0.3 is 0 Å². The molecule has 0 unspecified atom stereocenters. The van der Waals surface area contributed by atoms with Gasteiger partial charge in [0.2, 0.25) is 0 Å². The highest BCUT2D eigenvalue weighted by atomic mass is 32.2. The summed E-state index contributed by atoms with van der Waals surface area (Å²) >= 11 is 7.65. The molecule has 43 heavy (non-hydrogen) atoms. The first-order valence-electron chi connectivity index (χ1n) is 14.7. The van der Waals surface area contributed by atoms with Crippen LogP contribution >= 0.6 is 56.7 Å². The van der Waals surface area contributed by atoms with Gasteiger partial charge in [-0.15, -0.1) is 56.7 Å². The molecule has 0 amide bonds. The standard InChI is InChI=1S/C32H36O4S7/c1-3-5-7-9-21-42(33,34)31-29(27-17-15-25(39-27)23-13-11-19-37-23)41-30(32(31)43(35,36)22-10-8-6-4-2)28-18-16-26(40-28)24-14-12-20-38-24/h11-20H,3-10,21-22H2,1-2H3. The van der Waals surface area contributed by atoms with Gasteiger partial charge in [-0.3, -0.25) is 0 Å². The second-order valence-corrected chi connectivity index (χ2v) is 19.6. The molecule has 0 spiro atoms. The Morgan fingerprint density at radius 1 is 0.488 bits per heavy atom. The van der Waals surface area contributed by atoms with E-state index in [1.54, 1.807) is 22.7 Å². The van der Waals surface area contributed by atoms with Crippen LogP contribution in [0.15, 0.2) is 69.1 Å². The average Bonchev–Trinajstić information content (AvgIpc) is 3.80. The molecule has 4 nitrogen and oxygen atoms in total. The van der Waals surface area contributed by atoms with Crippen molar-refractivity contribution in [3.63, 3.8) is 0 Å². The van der Waals surface area contributed by atoms with Gasteiger partial charge in [0.15, 0.2) is 19.7 Å². The Labute approximate surface area is 275 Å². The number of hydrogen-bond acceptors (Lipinski definition) is 9. The quantitative estimate of drug-likeness (QED) is 0.0957. The largest absolute Gasteiger partial charge is 0.224 e. The minimum atomic E-state index is -3.89. The molecular formula is C32H36O4S7. The van der Waals surface area contributed by atoms with E-state index in [2.05, 4.69) is 26.0 Å². The number of sulfone groups is 2. The summed E-state index contributed by atoms with van der Waals surface area (Å²) in [6, 6.07) is 16.0. The summed E-state index contributed by atoms with van der Waals surface area (Å²) in [7, 11) is -7.78. The van der Waals surface area contributed by atoms with Crippen LogP contribution in [0.2, 0.25) is 0 Å². The van der Waals surface area contributed by atoms with Crippen LogP contribution in [0.25, 0.3) is 39.0 Å². The van der Waals surface area contributed by atoms with Crippen LogP contribution in [0.4, 0.5) is 0 Å². The molecule has 11 heteroatoms. The lowest BCUT2D eigenvalue weighted by atomic mass is 10.2. The maximum atomic E-state index is 14.3. The lowest BCUT2D eigenvalue weighted by Crippen LogP contribution is -2.15. The molecule has 0 aliphatic carbocycles. The highest BCUT2D eigenvalue weighted by molar-refractivity contribution is 7.95. The number of rotatable bonds is 16. The summed E-state index contributed by atoms with van der Waals surface area (Å²) in [4.78, 5) is 7.05. The van der Waals surface area contributed by atoms with Crippen molar-refractivity contribution in [3.05, 3.63) is 59.3 Å². The maximum absolute atomic E-state index is 14.3. The fraction of sp³-hybridized carbons (Fsp3) is 0.375. The van der Waals surface area contributed by atoms with Crippen molar-refractivity contribution in [1.29, 1.82) is 0 Å². The van der Waals surface area contributed by atoms with Crippen LogP contribution in [0.1, 0.15) is 65.2 Å². The Morgan fingerprint density at radius 3 is 1.28 bits per heavy atom. The minimum absolute atomic E-state index is 0.0187. The minimum Gasteiger partial charge on any atom is -0.224 e. The fourth-order valence-corrected chi connectivity index (χ4v) is 15.1. The van der Waals surface area contributed by atoms with Gasteiger partial charge in [-0.2, -0.15) is 0 Å². The van der Waals surface area contributed by atoms with Crippen molar-refractivity contribution in [2.75, 3.05) is 11.5 Å². The molecule has 0 bridgehead atoms. The van der Waals surface area contributed by atoms with Crippen LogP contribution in [0.5, 0.6) is 0 Å². The summed E-state index contributed by atoms with van der Waals surface area (Å²) in [5.74, 6) is -0.106. The Bertz CT molecular complexity index is 1680. The van der Waals surface area contributed by atoms with E-state index in [0.717, 1.165) is 67.8 Å². The summed E-state index contributed by atoms with van der Waals surface area (Å²) < 4.78 is 57.0. The van der Waals surface area contributed by atoms with Crippen LogP contribution in [0.3, 0.4) is 0 Å². The van der Waals surface area contributed by atoms with Gasteiger partial charge in [-0.25, -0.2) is 16.8 Å². The Balaban J connectivity index is 1.70. The highest BCUT2D eigenvalue weighted by Crippen LogP contribution is 2.52. The first-order valence-corrected chi connectivity index (χ1v) is 22.2. The lowest BCUT2D eigenvalue weighted by Gasteiger charge is -2.11. The van der Waals surface area contributed by atoms with Crippen molar-refractivity contribution < 1.29 is 16.8 Å². The zero-order chi connectivity index (χ0) is 30.5. The van der Waals surface area contributed by atoms with E-state index in [9.17, 15) is 16.8 Å². The second kappa shape index (κ2) is 14.7. The second-order valence-electron chi connectivity index (χ2n) is 10.5. The van der Waals surface area contributed by atoms with Gasteiger partial charge >= 0.3 is 0 Å². The Hall–Kier alpha value is -1.60. The normalized spacial score (nSPS) is 12.3. The third-order valence-electron chi connectivity index (χ3n) is 7.17. The molecule has 0 saturated heterocycles. The molecule has 5 heterocycles. The summed E-state index contributed by atoms with van der Waals surface area (Å²) in [5, 5.41) is 4.05. The zero-order valence-corrected chi connectivity index (χ0v) is 30.1. The van der Waals surface area contributed by atoms with Crippen LogP contribution in [-0.2, 0) is 19.7 Å². The summed E-state index contributed by atoms with van der Waals surface area (Å²) in [5.41, 5.74) is 0. The molecule has 0 aromatic carbocycles. The first kappa shape index (κ1) is 32.8. The number of unbranched alkanes of at least 4 members (excludes halogenated alkanes) is 6. The van der Waals surface area contributed by atoms with Crippen LogP contribution in [0, 0.1) is 0 Å². The Kier molecular flexibility index (Phi) is 11.2. The third-order valence-corrected chi connectivity index (χ3v) is 17.1. The molecule has 0 N–H and O–H groups in total. The molecule has 0 radical (unpaired) electrons. The van der Waals surface area contributed by atoms with E-state index in [4.69, 9.17) is 0 Å². The van der Waals surface area contributed by atoms with Gasteiger partial charge in [0.05, 0.1) is 21.3 Å². The van der Waals surface area contributed by atoms with Gasteiger partial charge in [0.1, 0.15) is 9.79 Å². The molecule has 0 aliphatic rings. The summed E-state index contributed by atoms with van der Waals surface area (Å²) in [6.45, 7) is 4.18. The molecule has 5 rings (SSSR count). The molecule has 5 aromatic rings. The van der Waals surface area contributed by atoms with E-state index >= 15 is 0 Å². The van der Waals surface area contributed by atoms with E-state index in [1.165, 1.54) is 34.0 Å². The Morgan fingerprint density at radius 2 is 0.907 bits per heavy atom. The monoisotopic (exact) mass is 708 g/mol. The predicted octanol–water partition coefficient (Wildman–Crippen LogP) is 11.4. The smallest absolute Gasteiger partial charge is 0.181 e. The molecule has 0 atom stereocenters. The SMILES string of the molecule is CCCCCCS(=O)(=O)c1c(-c2ccc(-c3cccs3)s2)sc(-c2ccc(-c3cccs3)s2)c1S(=O)(=O)CCCCCC. The van der Waals surface area contributed by atoms with Crippen molar-refractivity contribution in [2.45, 2.75) is 75.0 Å².